The highest BCUT2D eigenvalue weighted by Crippen LogP contribution is 2.43. The first-order valence-electron chi connectivity index (χ1n) is 33.9. The molecule has 0 amide bonds. The number of carbonyl (C=O) groups is 2. The molecule has 0 spiro atoms. The van der Waals surface area contributed by atoms with Crippen LogP contribution in [0.2, 0.25) is 0 Å². The molecule has 9 nitrogen and oxygen atoms in total. The number of phosphoric acid groups is 1. The fourth-order valence-corrected chi connectivity index (χ4v) is 8.89. The van der Waals surface area contributed by atoms with E-state index in [1.54, 1.807) is 0 Å². The van der Waals surface area contributed by atoms with E-state index in [1.165, 1.54) is 0 Å². The molecule has 494 valence electrons. The van der Waals surface area contributed by atoms with Crippen LogP contribution in [0.3, 0.4) is 0 Å². The quantitative estimate of drug-likeness (QED) is 0.0264. The second kappa shape index (κ2) is 71.1. The molecule has 89 heavy (non-hydrogen) atoms. The molecule has 0 aliphatic carbocycles. The Hall–Kier alpha value is -5.93. The Bertz CT molecular complexity index is 2310. The summed E-state index contributed by atoms with van der Waals surface area (Å²) in [6.45, 7) is 3.42. The molecule has 0 radical (unpaired) electrons. The van der Waals surface area contributed by atoms with Gasteiger partial charge in [0.1, 0.15) is 6.61 Å². The summed E-state index contributed by atoms with van der Waals surface area (Å²) < 4.78 is 33.1. The van der Waals surface area contributed by atoms with E-state index in [0.717, 1.165) is 180 Å². The molecule has 0 aromatic heterocycles. The topological polar surface area (TPSA) is 134 Å². The van der Waals surface area contributed by atoms with Crippen LogP contribution in [0, 0.1) is 0 Å². The number of unbranched alkanes of at least 4 members (excludes halogenated alkanes) is 9. The van der Waals surface area contributed by atoms with Gasteiger partial charge in [-0.15, -0.1) is 0 Å². The zero-order chi connectivity index (χ0) is 64.4. The van der Waals surface area contributed by atoms with Gasteiger partial charge in [-0.2, -0.15) is 0 Å². The van der Waals surface area contributed by atoms with Gasteiger partial charge in [-0.3, -0.25) is 18.6 Å². The van der Waals surface area contributed by atoms with Crippen LogP contribution in [0.15, 0.2) is 231 Å². The first kappa shape index (κ1) is 83.1. The number of rotatable bonds is 60. The van der Waals surface area contributed by atoms with Crippen molar-refractivity contribution < 1.29 is 37.6 Å². The fraction of sp³-hybridized carbons (Fsp3) is 0.494. The van der Waals surface area contributed by atoms with Crippen molar-refractivity contribution in [3.05, 3.63) is 231 Å². The predicted molar refractivity (Wildman–Crippen MR) is 384 cm³/mol. The molecule has 0 aromatic carbocycles. The van der Waals surface area contributed by atoms with Crippen molar-refractivity contribution in [3.63, 3.8) is 0 Å². The molecule has 2 unspecified atom stereocenters. The first-order chi connectivity index (χ1) is 43.8. The molecule has 2 atom stereocenters. The Labute approximate surface area is 543 Å². The van der Waals surface area contributed by atoms with Crippen LogP contribution < -0.4 is 5.73 Å². The largest absolute Gasteiger partial charge is 0.472 e. The van der Waals surface area contributed by atoms with Gasteiger partial charge in [0.25, 0.3) is 0 Å². The maximum Gasteiger partial charge on any atom is 0.472 e. The summed E-state index contributed by atoms with van der Waals surface area (Å²) in [5.74, 6) is -0.901. The minimum atomic E-state index is -4.43. The van der Waals surface area contributed by atoms with Crippen LogP contribution in [0.4, 0.5) is 0 Å². The smallest absolute Gasteiger partial charge is 0.462 e. The lowest BCUT2D eigenvalue weighted by Crippen LogP contribution is -2.29. The third-order valence-electron chi connectivity index (χ3n) is 13.0. The first-order valence-corrected chi connectivity index (χ1v) is 35.4. The average molecular weight is 1240 g/mol. The molecule has 0 rings (SSSR count). The highest BCUT2D eigenvalue weighted by molar-refractivity contribution is 7.47. The van der Waals surface area contributed by atoms with Gasteiger partial charge in [0.05, 0.1) is 13.2 Å². The molecular weight excluding hydrogens is 1120 g/mol. The Balaban J connectivity index is 4.13. The summed E-state index contributed by atoms with van der Waals surface area (Å²) in [5.41, 5.74) is 5.39. The summed E-state index contributed by atoms with van der Waals surface area (Å²) in [6, 6.07) is 0. The predicted octanol–water partition coefficient (Wildman–Crippen LogP) is 22.6. The minimum Gasteiger partial charge on any atom is -0.462 e. The van der Waals surface area contributed by atoms with Gasteiger partial charge in [-0.25, -0.2) is 4.57 Å². The van der Waals surface area contributed by atoms with E-state index < -0.39 is 32.5 Å². The van der Waals surface area contributed by atoms with Crippen molar-refractivity contribution in [2.24, 2.45) is 5.73 Å². The molecule has 3 N–H and O–H groups in total. The van der Waals surface area contributed by atoms with Gasteiger partial charge in [-0.1, -0.05) is 277 Å². The van der Waals surface area contributed by atoms with Crippen LogP contribution in [0.25, 0.3) is 0 Å². The Morgan fingerprint density at radius 2 is 0.584 bits per heavy atom. The van der Waals surface area contributed by atoms with Gasteiger partial charge in [0, 0.05) is 19.4 Å². The summed E-state index contributed by atoms with van der Waals surface area (Å²) in [6.07, 6.45) is 113. The fourth-order valence-electron chi connectivity index (χ4n) is 8.12. The summed E-state index contributed by atoms with van der Waals surface area (Å²) in [4.78, 5) is 35.3. The number of esters is 2. The van der Waals surface area contributed by atoms with E-state index in [-0.39, 0.29) is 32.6 Å². The molecule has 0 bridgehead atoms. The van der Waals surface area contributed by atoms with Gasteiger partial charge >= 0.3 is 19.8 Å². The van der Waals surface area contributed by atoms with Crippen LogP contribution >= 0.6 is 7.82 Å². The van der Waals surface area contributed by atoms with E-state index >= 15 is 0 Å². The molecule has 0 aliphatic heterocycles. The summed E-state index contributed by atoms with van der Waals surface area (Å²) in [7, 11) is -4.43. The zero-order valence-corrected chi connectivity index (χ0v) is 56.2. The number of phosphoric ester groups is 1. The molecule has 0 aromatic rings. The number of hydrogen-bond donors (Lipinski definition) is 2. The summed E-state index contributed by atoms with van der Waals surface area (Å²) in [5, 5.41) is 0. The van der Waals surface area contributed by atoms with Crippen molar-refractivity contribution in [1.29, 1.82) is 0 Å². The molecule has 10 heteroatoms. The van der Waals surface area contributed by atoms with E-state index in [0.29, 0.717) is 12.8 Å². The maximum absolute atomic E-state index is 12.8. The third-order valence-corrected chi connectivity index (χ3v) is 14.0. The number of hydrogen-bond acceptors (Lipinski definition) is 8. The monoisotopic (exact) mass is 1240 g/mol. The maximum atomic E-state index is 12.8. The van der Waals surface area contributed by atoms with Crippen LogP contribution in [-0.2, 0) is 32.7 Å². The Morgan fingerprint density at radius 1 is 0.337 bits per heavy atom. The summed E-state index contributed by atoms with van der Waals surface area (Å²) >= 11 is 0. The van der Waals surface area contributed by atoms with Crippen molar-refractivity contribution in [1.82, 2.24) is 0 Å². The van der Waals surface area contributed by atoms with E-state index in [9.17, 15) is 19.0 Å². The van der Waals surface area contributed by atoms with Crippen molar-refractivity contribution >= 4 is 19.8 Å². The molecule has 0 aliphatic rings. The van der Waals surface area contributed by atoms with Crippen molar-refractivity contribution in [2.75, 3.05) is 26.4 Å². The van der Waals surface area contributed by atoms with Gasteiger partial charge in [0.2, 0.25) is 0 Å². The van der Waals surface area contributed by atoms with Gasteiger partial charge in [0.15, 0.2) is 6.10 Å². The lowest BCUT2D eigenvalue weighted by Gasteiger charge is -2.19. The van der Waals surface area contributed by atoms with E-state index in [4.69, 9.17) is 24.3 Å². The van der Waals surface area contributed by atoms with Gasteiger partial charge < -0.3 is 20.1 Å². The highest BCUT2D eigenvalue weighted by atomic mass is 31.2. The lowest BCUT2D eigenvalue weighted by molar-refractivity contribution is -0.161. The Morgan fingerprint density at radius 3 is 0.865 bits per heavy atom. The minimum absolute atomic E-state index is 0.0322. The lowest BCUT2D eigenvalue weighted by atomic mass is 10.1. The van der Waals surface area contributed by atoms with Crippen LogP contribution in [0.5, 0.6) is 0 Å². The van der Waals surface area contributed by atoms with Crippen LogP contribution in [0.1, 0.15) is 219 Å². The van der Waals surface area contributed by atoms with Crippen LogP contribution in [-0.4, -0.2) is 49.3 Å². The molecule has 0 heterocycles. The molecule has 0 saturated carbocycles. The molecule has 0 saturated heterocycles. The van der Waals surface area contributed by atoms with Crippen molar-refractivity contribution in [2.45, 2.75) is 225 Å². The van der Waals surface area contributed by atoms with Gasteiger partial charge in [-0.05, 0) is 161 Å². The molecular formula is C79H120NO8P. The highest BCUT2D eigenvalue weighted by Gasteiger charge is 2.26. The Kier molecular flexibility index (Phi) is 66.4. The average Bonchev–Trinajstić information content (AvgIpc) is 3.66. The SMILES string of the molecule is CC/C=C\C/C=C\C/C=C\C/C=C\C/C=C\C/C=C\C/C=C\C/C=C\C/C=C\C/C=C\CCCCCCC(=O)OC(COC(=O)CCCCCCC/C=C\C/C=C\C/C=C\C/C=C\C/C=C\C/C=C\C/C=C\C/C=C\C/C=C\CC)COP(=O)(O)OCCN. The van der Waals surface area contributed by atoms with E-state index in [1.807, 2.05) is 0 Å². The molecule has 0 fully saturated rings. The second-order valence-corrected chi connectivity index (χ2v) is 22.7. The number of carbonyl (C=O) groups excluding carboxylic acids is 2. The zero-order valence-electron chi connectivity index (χ0n) is 55.3. The number of ether oxygens (including phenoxy) is 2. The van der Waals surface area contributed by atoms with E-state index in [2.05, 4.69) is 245 Å². The standard InChI is InChI=1S/C79H120NO8P/c1-3-5-7-9-11-13-15-17-19-21-23-25-27-29-31-33-35-37-38-40-42-44-46-48-50-52-54-56-58-60-62-64-66-68-70-72-79(82)88-77(76-87-89(83,84)86-74-73-80)75-85-78(81)71-69-67-65-63-61-59-57-55-53-51-49-47-45-43-41-39-36-34-32-30-28-26-24-22-20-18-16-14-12-10-8-6-4-2/h5-8,11-14,17-20,23-26,29-32,35-37,39-40,42-43,45-46,48-49,51-52,54-55,57-58,60,77H,3-4,9-10,15-16,21-22,27-28,33-34,38,41,44,47,50,53,56,59,61-76,80H2,1-2H3,(H,83,84)/b7-5-,8-6-,13-11-,14-12-,19-17-,20-18-,25-23-,26-24-,31-29-,32-30-,37-35-,39-36-,42-40-,45-43-,48-46-,51-49-,54-52-,57-55-,60-58-. The normalized spacial score (nSPS) is 14.4. The number of nitrogens with two attached hydrogens (primary N) is 1. The van der Waals surface area contributed by atoms with Crippen molar-refractivity contribution in [3.8, 4) is 0 Å². The third kappa shape index (κ3) is 71.0. The second-order valence-electron chi connectivity index (χ2n) is 21.2. The number of allylic oxidation sites excluding steroid dienone is 38.